The molecule has 6 nitrogen and oxygen atoms in total. The number of fused-ring (bicyclic) bond motifs is 1. The lowest BCUT2D eigenvalue weighted by Gasteiger charge is -2.28. The number of hydrogen-bond donors (Lipinski definition) is 1. The minimum absolute atomic E-state index is 0.176. The number of ether oxygens (including phenoxy) is 1. The lowest BCUT2D eigenvalue weighted by molar-refractivity contribution is 0.0584. The van der Waals surface area contributed by atoms with Gasteiger partial charge in [-0.1, -0.05) is 18.2 Å². The zero-order chi connectivity index (χ0) is 16.4. The van der Waals surface area contributed by atoms with Crippen LogP contribution in [0, 0.1) is 0 Å². The van der Waals surface area contributed by atoms with Gasteiger partial charge in [0.25, 0.3) is 5.91 Å². The summed E-state index contributed by atoms with van der Waals surface area (Å²) in [6.45, 7) is 0.518. The van der Waals surface area contributed by atoms with E-state index < -0.39 is 6.04 Å². The van der Waals surface area contributed by atoms with Gasteiger partial charge < -0.3 is 19.3 Å². The summed E-state index contributed by atoms with van der Waals surface area (Å²) in [5.74, 6) is 0.447. The highest BCUT2D eigenvalue weighted by Crippen LogP contribution is 2.32. The van der Waals surface area contributed by atoms with Crippen LogP contribution in [0.3, 0.4) is 0 Å². The molecule has 0 saturated heterocycles. The second-order valence-corrected chi connectivity index (χ2v) is 5.45. The fraction of sp³-hybridized carbons (Fsp3) is 0.294. The monoisotopic (exact) mass is 314 g/mol. The largest absolute Gasteiger partial charge is 0.491 e. The molecule has 6 heteroatoms. The molecule has 1 amide bonds. The van der Waals surface area contributed by atoms with Gasteiger partial charge in [0, 0.05) is 24.9 Å². The maximum Gasteiger partial charge on any atom is 0.256 e. The maximum absolute atomic E-state index is 12.8. The van der Waals surface area contributed by atoms with Crippen LogP contribution in [0.4, 0.5) is 0 Å². The number of carbonyl (C=O) groups is 1. The number of aliphatic hydroxyl groups excluding tert-OH is 1. The van der Waals surface area contributed by atoms with Gasteiger partial charge in [0.05, 0.1) is 24.8 Å². The summed E-state index contributed by atoms with van der Waals surface area (Å²) in [6, 6.07) is 9.79. The van der Waals surface area contributed by atoms with Gasteiger partial charge in [-0.25, -0.2) is 0 Å². The van der Waals surface area contributed by atoms with Crippen LogP contribution in [0.25, 0.3) is 0 Å². The molecule has 1 aliphatic rings. The van der Waals surface area contributed by atoms with Gasteiger partial charge in [-0.3, -0.25) is 9.59 Å². The molecule has 1 aromatic carbocycles. The molecule has 0 bridgehead atoms. The van der Waals surface area contributed by atoms with E-state index in [4.69, 9.17) is 4.74 Å². The molecule has 0 aliphatic carbocycles. The average Bonchev–Trinajstić information content (AvgIpc) is 2.75. The van der Waals surface area contributed by atoms with Gasteiger partial charge in [-0.2, -0.15) is 0 Å². The third-order valence-electron chi connectivity index (χ3n) is 4.01. The van der Waals surface area contributed by atoms with Gasteiger partial charge in [0.2, 0.25) is 5.56 Å². The highest BCUT2D eigenvalue weighted by molar-refractivity contribution is 5.94. The first-order valence-electron chi connectivity index (χ1n) is 7.42. The second kappa shape index (κ2) is 6.26. The van der Waals surface area contributed by atoms with Crippen LogP contribution in [-0.2, 0) is 7.05 Å². The number of hydrogen-bond acceptors (Lipinski definition) is 4. The van der Waals surface area contributed by atoms with Gasteiger partial charge in [0.15, 0.2) is 0 Å². The van der Waals surface area contributed by atoms with Crippen molar-refractivity contribution in [2.45, 2.75) is 6.04 Å². The molecular weight excluding hydrogens is 296 g/mol. The molecule has 0 fully saturated rings. The molecule has 0 radical (unpaired) electrons. The van der Waals surface area contributed by atoms with Crippen LogP contribution in [0.15, 0.2) is 47.4 Å². The van der Waals surface area contributed by atoms with E-state index in [0.29, 0.717) is 24.5 Å². The quantitative estimate of drug-likeness (QED) is 0.896. The van der Waals surface area contributed by atoms with Gasteiger partial charge in [-0.05, 0) is 12.1 Å². The highest BCUT2D eigenvalue weighted by Gasteiger charge is 2.30. The van der Waals surface area contributed by atoms with Crippen molar-refractivity contribution in [3.05, 3.63) is 64.1 Å². The van der Waals surface area contributed by atoms with E-state index in [2.05, 4.69) is 0 Å². The standard InChI is InChI=1S/C17H18N2O4/c1-18-10-12(6-7-16(18)21)17(22)19-8-9-23-15-5-3-2-4-13(15)14(19)11-20/h2-7,10,14,20H,8-9,11H2,1H3. The SMILES string of the molecule is Cn1cc(C(=O)N2CCOc3ccccc3C2CO)ccc1=O. The fourth-order valence-electron chi connectivity index (χ4n) is 2.79. The number of benzene rings is 1. The minimum Gasteiger partial charge on any atom is -0.491 e. The van der Waals surface area contributed by atoms with Crippen LogP contribution in [-0.4, -0.2) is 40.2 Å². The summed E-state index contributed by atoms with van der Waals surface area (Å²) in [4.78, 5) is 25.9. The Hall–Kier alpha value is -2.60. The van der Waals surface area contributed by atoms with Crippen molar-refractivity contribution in [1.29, 1.82) is 0 Å². The van der Waals surface area contributed by atoms with Crippen LogP contribution in [0.2, 0.25) is 0 Å². The number of aliphatic hydroxyl groups is 1. The number of amides is 1. The third kappa shape index (κ3) is 2.85. The minimum atomic E-state index is -0.474. The van der Waals surface area contributed by atoms with E-state index in [9.17, 15) is 14.7 Å². The Balaban J connectivity index is 1.99. The van der Waals surface area contributed by atoms with Crippen molar-refractivity contribution < 1.29 is 14.6 Å². The molecule has 0 saturated carbocycles. The van der Waals surface area contributed by atoms with Crippen LogP contribution >= 0.6 is 0 Å². The third-order valence-corrected chi connectivity index (χ3v) is 4.01. The Bertz CT molecular complexity index is 784. The van der Waals surface area contributed by atoms with E-state index in [-0.39, 0.29) is 18.1 Å². The molecule has 1 atom stereocenters. The van der Waals surface area contributed by atoms with E-state index in [1.807, 2.05) is 24.3 Å². The first kappa shape index (κ1) is 15.3. The normalized spacial score (nSPS) is 17.1. The number of aryl methyl sites for hydroxylation is 1. The van der Waals surface area contributed by atoms with Crippen molar-refractivity contribution >= 4 is 5.91 Å². The molecule has 3 rings (SSSR count). The molecule has 1 aromatic heterocycles. The topological polar surface area (TPSA) is 71.8 Å². The lowest BCUT2D eigenvalue weighted by Crippen LogP contribution is -2.38. The molecule has 1 aliphatic heterocycles. The number of nitrogens with zero attached hydrogens (tertiary/aromatic N) is 2. The summed E-state index contributed by atoms with van der Waals surface area (Å²) in [6.07, 6.45) is 1.51. The van der Waals surface area contributed by atoms with Gasteiger partial charge in [-0.15, -0.1) is 0 Å². The van der Waals surface area contributed by atoms with Gasteiger partial charge >= 0.3 is 0 Å². The number of pyridine rings is 1. The average molecular weight is 314 g/mol. The molecule has 0 spiro atoms. The Morgan fingerprint density at radius 1 is 1.30 bits per heavy atom. The highest BCUT2D eigenvalue weighted by atomic mass is 16.5. The number of para-hydroxylation sites is 1. The molecule has 1 N–H and O–H groups in total. The molecular formula is C17H18N2O4. The van der Waals surface area contributed by atoms with E-state index in [1.165, 1.54) is 22.9 Å². The summed E-state index contributed by atoms with van der Waals surface area (Å²) < 4.78 is 7.04. The number of carbonyl (C=O) groups excluding carboxylic acids is 1. The number of rotatable bonds is 2. The Morgan fingerprint density at radius 3 is 2.83 bits per heavy atom. The molecule has 23 heavy (non-hydrogen) atoms. The molecule has 2 heterocycles. The fourth-order valence-corrected chi connectivity index (χ4v) is 2.79. The zero-order valence-corrected chi connectivity index (χ0v) is 12.8. The molecule has 120 valence electrons. The zero-order valence-electron chi connectivity index (χ0n) is 12.8. The summed E-state index contributed by atoms with van der Waals surface area (Å²) in [5, 5.41) is 9.82. The molecule has 2 aromatic rings. The van der Waals surface area contributed by atoms with Crippen molar-refractivity contribution in [2.24, 2.45) is 7.05 Å². The van der Waals surface area contributed by atoms with Crippen molar-refractivity contribution in [3.63, 3.8) is 0 Å². The maximum atomic E-state index is 12.8. The van der Waals surface area contributed by atoms with E-state index in [0.717, 1.165) is 5.56 Å². The summed E-state index contributed by atoms with van der Waals surface area (Å²) in [5.41, 5.74) is 1.01. The Morgan fingerprint density at radius 2 is 2.09 bits per heavy atom. The van der Waals surface area contributed by atoms with Crippen molar-refractivity contribution in [3.8, 4) is 5.75 Å². The van der Waals surface area contributed by atoms with Crippen LogP contribution in [0.1, 0.15) is 22.0 Å². The Labute approximate surface area is 133 Å². The van der Waals surface area contributed by atoms with Crippen LogP contribution < -0.4 is 10.3 Å². The van der Waals surface area contributed by atoms with Crippen LogP contribution in [0.5, 0.6) is 5.75 Å². The first-order valence-corrected chi connectivity index (χ1v) is 7.42. The second-order valence-electron chi connectivity index (χ2n) is 5.45. The Kier molecular flexibility index (Phi) is 4.16. The lowest BCUT2D eigenvalue weighted by atomic mass is 10.0. The summed E-state index contributed by atoms with van der Waals surface area (Å²) >= 11 is 0. The molecule has 1 unspecified atom stereocenters. The first-order chi connectivity index (χ1) is 11.1. The summed E-state index contributed by atoms with van der Waals surface area (Å²) in [7, 11) is 1.60. The van der Waals surface area contributed by atoms with Crippen molar-refractivity contribution in [1.82, 2.24) is 9.47 Å². The predicted octanol–water partition coefficient (Wildman–Crippen LogP) is 0.954. The smallest absolute Gasteiger partial charge is 0.256 e. The predicted molar refractivity (Wildman–Crippen MR) is 84.5 cm³/mol. The van der Waals surface area contributed by atoms with Crippen molar-refractivity contribution in [2.75, 3.05) is 19.8 Å². The number of aromatic nitrogens is 1. The van der Waals surface area contributed by atoms with E-state index >= 15 is 0 Å². The van der Waals surface area contributed by atoms with Gasteiger partial charge in [0.1, 0.15) is 12.4 Å². The van der Waals surface area contributed by atoms with E-state index in [1.54, 1.807) is 11.9 Å².